The van der Waals surface area contributed by atoms with Crippen LogP contribution in [0.15, 0.2) is 72.6 Å². The highest BCUT2D eigenvalue weighted by Crippen LogP contribution is 2.43. The van der Waals surface area contributed by atoms with Gasteiger partial charge in [0.1, 0.15) is 17.3 Å². The number of benzene rings is 2. The van der Waals surface area contributed by atoms with Gasteiger partial charge in [-0.05, 0) is 48.0 Å². The van der Waals surface area contributed by atoms with Crippen LogP contribution in [-0.2, 0) is 9.59 Å². The number of anilines is 1. The zero-order chi connectivity index (χ0) is 22.8. The van der Waals surface area contributed by atoms with Crippen LogP contribution in [0, 0.1) is 0 Å². The molecule has 2 aromatic carbocycles. The summed E-state index contributed by atoms with van der Waals surface area (Å²) in [6, 6.07) is 13.9. The van der Waals surface area contributed by atoms with Crippen LogP contribution in [0.3, 0.4) is 0 Å². The number of hydrogen-bond acceptors (Lipinski definition) is 6. The maximum absolute atomic E-state index is 13.2. The summed E-state index contributed by atoms with van der Waals surface area (Å²) < 4.78 is 10.6. The lowest BCUT2D eigenvalue weighted by atomic mass is 9.95. The smallest absolute Gasteiger partial charge is 0.300 e. The molecule has 8 heteroatoms. The number of aromatic nitrogens is 1. The molecule has 1 saturated heterocycles. The Labute approximate surface area is 189 Å². The molecule has 32 heavy (non-hydrogen) atoms. The van der Waals surface area contributed by atoms with Gasteiger partial charge >= 0.3 is 0 Å². The quantitative estimate of drug-likeness (QED) is 0.352. The van der Waals surface area contributed by atoms with Crippen molar-refractivity contribution in [1.82, 2.24) is 4.98 Å². The summed E-state index contributed by atoms with van der Waals surface area (Å²) in [7, 11) is 2.95. The highest BCUT2D eigenvalue weighted by atomic mass is 35.5. The zero-order valence-corrected chi connectivity index (χ0v) is 18.0. The molecule has 3 aromatic rings. The van der Waals surface area contributed by atoms with Gasteiger partial charge in [0.25, 0.3) is 11.7 Å². The Bertz CT molecular complexity index is 1230. The van der Waals surface area contributed by atoms with E-state index in [2.05, 4.69) is 4.98 Å². The minimum atomic E-state index is -0.886. The molecule has 1 atom stereocenters. The van der Waals surface area contributed by atoms with Gasteiger partial charge in [0.2, 0.25) is 0 Å². The summed E-state index contributed by atoms with van der Waals surface area (Å²) in [5.41, 5.74) is 1.23. The molecule has 0 radical (unpaired) electrons. The average Bonchev–Trinajstić information content (AvgIpc) is 3.09. The van der Waals surface area contributed by atoms with E-state index in [-0.39, 0.29) is 16.9 Å². The number of pyridine rings is 1. The van der Waals surface area contributed by atoms with Crippen LogP contribution < -0.4 is 14.4 Å². The lowest BCUT2D eigenvalue weighted by molar-refractivity contribution is -0.132. The summed E-state index contributed by atoms with van der Waals surface area (Å²) in [6.45, 7) is 0. The maximum Gasteiger partial charge on any atom is 0.300 e. The summed E-state index contributed by atoms with van der Waals surface area (Å²) in [4.78, 5) is 31.6. The van der Waals surface area contributed by atoms with Gasteiger partial charge in [-0.15, -0.1) is 0 Å². The van der Waals surface area contributed by atoms with Gasteiger partial charge < -0.3 is 14.6 Å². The Morgan fingerprint density at radius 1 is 1.03 bits per heavy atom. The Morgan fingerprint density at radius 3 is 2.44 bits per heavy atom. The number of amides is 1. The molecular formula is C24H19ClN2O5. The summed E-state index contributed by atoms with van der Waals surface area (Å²) in [6.07, 6.45) is 3.11. The molecule has 0 aliphatic carbocycles. The van der Waals surface area contributed by atoms with E-state index in [0.717, 1.165) is 0 Å². The van der Waals surface area contributed by atoms with Crippen molar-refractivity contribution in [2.75, 3.05) is 19.1 Å². The summed E-state index contributed by atoms with van der Waals surface area (Å²) in [5.74, 6) is -1.13. The third-order valence-corrected chi connectivity index (χ3v) is 5.45. The van der Waals surface area contributed by atoms with Crippen molar-refractivity contribution in [3.8, 4) is 11.5 Å². The van der Waals surface area contributed by atoms with Gasteiger partial charge in [-0.3, -0.25) is 19.5 Å². The molecule has 1 aromatic heterocycles. The number of Topliss-reactive ketones (excluding diaryl/α,β-unsaturated/α-hetero) is 1. The lowest BCUT2D eigenvalue weighted by Crippen LogP contribution is -2.29. The number of methoxy groups -OCH3 is 2. The predicted molar refractivity (Wildman–Crippen MR) is 120 cm³/mol. The first-order valence-corrected chi connectivity index (χ1v) is 10.0. The Balaban J connectivity index is 1.96. The number of ether oxygens (including phenoxy) is 2. The first-order valence-electron chi connectivity index (χ1n) is 9.65. The van der Waals surface area contributed by atoms with Gasteiger partial charge in [0, 0.05) is 29.2 Å². The normalized spacial score (nSPS) is 17.5. The van der Waals surface area contributed by atoms with Gasteiger partial charge in [0.15, 0.2) is 0 Å². The standard InChI is InChI=1S/C24H19ClN2O5/c1-31-17-6-7-18(19(13-17)32-2)22(28)20-21(14-8-10-26-11-9-14)27(24(30)23(20)29)16-5-3-4-15(25)12-16/h3-13,21,28H,1-2H3/b22-20-. The highest BCUT2D eigenvalue weighted by molar-refractivity contribution is 6.51. The van der Waals surface area contributed by atoms with Crippen LogP contribution >= 0.6 is 11.6 Å². The van der Waals surface area contributed by atoms with Crippen molar-refractivity contribution in [2.24, 2.45) is 0 Å². The van der Waals surface area contributed by atoms with E-state index in [0.29, 0.717) is 27.8 Å². The van der Waals surface area contributed by atoms with Gasteiger partial charge in [0.05, 0.1) is 31.4 Å². The number of ketones is 1. The van der Waals surface area contributed by atoms with E-state index in [9.17, 15) is 14.7 Å². The van der Waals surface area contributed by atoms with Gasteiger partial charge in [-0.25, -0.2) is 0 Å². The molecule has 1 aliphatic rings. The fourth-order valence-electron chi connectivity index (χ4n) is 3.73. The molecule has 1 unspecified atom stereocenters. The highest BCUT2D eigenvalue weighted by Gasteiger charge is 2.47. The van der Waals surface area contributed by atoms with Crippen LogP contribution in [0.2, 0.25) is 5.02 Å². The summed E-state index contributed by atoms with van der Waals surface area (Å²) in [5, 5.41) is 11.7. The molecular weight excluding hydrogens is 432 g/mol. The molecule has 1 amide bonds. The Morgan fingerprint density at radius 2 is 1.78 bits per heavy atom. The molecule has 0 saturated carbocycles. The topological polar surface area (TPSA) is 89.0 Å². The van der Waals surface area contributed by atoms with Crippen LogP contribution in [0.5, 0.6) is 11.5 Å². The molecule has 1 aliphatic heterocycles. The summed E-state index contributed by atoms with van der Waals surface area (Å²) >= 11 is 6.14. The number of hydrogen-bond donors (Lipinski definition) is 1. The van der Waals surface area contributed by atoms with Crippen molar-refractivity contribution >= 4 is 34.7 Å². The monoisotopic (exact) mass is 450 g/mol. The van der Waals surface area contributed by atoms with Crippen LogP contribution in [0.4, 0.5) is 5.69 Å². The average molecular weight is 451 g/mol. The number of carbonyl (C=O) groups excluding carboxylic acids is 2. The number of aliphatic hydroxyl groups is 1. The largest absolute Gasteiger partial charge is 0.507 e. The van der Waals surface area contributed by atoms with Crippen molar-refractivity contribution in [3.05, 3.63) is 88.7 Å². The van der Waals surface area contributed by atoms with Crippen molar-refractivity contribution in [2.45, 2.75) is 6.04 Å². The van der Waals surface area contributed by atoms with E-state index in [4.69, 9.17) is 21.1 Å². The lowest BCUT2D eigenvalue weighted by Gasteiger charge is -2.25. The first kappa shape index (κ1) is 21.4. The molecule has 1 fully saturated rings. The SMILES string of the molecule is COc1ccc(/C(O)=C2/C(=O)C(=O)N(c3cccc(Cl)c3)C2c2ccncc2)c(OC)c1. The number of carbonyl (C=O) groups is 2. The van der Waals surface area contributed by atoms with E-state index in [1.165, 1.54) is 19.1 Å². The zero-order valence-electron chi connectivity index (χ0n) is 17.3. The van der Waals surface area contributed by atoms with Crippen LogP contribution in [0.25, 0.3) is 5.76 Å². The fourth-order valence-corrected chi connectivity index (χ4v) is 3.91. The Kier molecular flexibility index (Phi) is 5.83. The molecule has 162 valence electrons. The third-order valence-electron chi connectivity index (χ3n) is 5.22. The van der Waals surface area contributed by atoms with Crippen molar-refractivity contribution < 1.29 is 24.2 Å². The minimum Gasteiger partial charge on any atom is -0.507 e. The predicted octanol–water partition coefficient (Wildman–Crippen LogP) is 4.38. The van der Waals surface area contributed by atoms with Crippen LogP contribution in [-0.4, -0.2) is 36.0 Å². The van der Waals surface area contributed by atoms with Gasteiger partial charge in [-0.2, -0.15) is 0 Å². The fraction of sp³-hybridized carbons (Fsp3) is 0.125. The third kappa shape index (κ3) is 3.67. The molecule has 4 rings (SSSR count). The first-order chi connectivity index (χ1) is 15.5. The molecule has 7 nitrogen and oxygen atoms in total. The second-order valence-corrected chi connectivity index (χ2v) is 7.43. The van der Waals surface area contributed by atoms with Crippen molar-refractivity contribution in [1.29, 1.82) is 0 Å². The van der Waals surface area contributed by atoms with Gasteiger partial charge in [-0.1, -0.05) is 17.7 Å². The Hall–Kier alpha value is -3.84. The van der Waals surface area contributed by atoms with E-state index in [1.807, 2.05) is 0 Å². The molecule has 0 spiro atoms. The molecule has 2 heterocycles. The number of rotatable bonds is 5. The number of nitrogens with zero attached hydrogens (tertiary/aromatic N) is 2. The number of halogens is 1. The molecule has 0 bridgehead atoms. The number of aliphatic hydroxyl groups excluding tert-OH is 1. The minimum absolute atomic E-state index is 0.0651. The van der Waals surface area contributed by atoms with E-state index >= 15 is 0 Å². The maximum atomic E-state index is 13.2. The molecule has 1 N–H and O–H groups in total. The second kappa shape index (κ2) is 8.72. The second-order valence-electron chi connectivity index (χ2n) is 7.00. The van der Waals surface area contributed by atoms with Crippen LogP contribution in [0.1, 0.15) is 17.2 Å². The van der Waals surface area contributed by atoms with E-state index < -0.39 is 17.7 Å². The van der Waals surface area contributed by atoms with Crippen molar-refractivity contribution in [3.63, 3.8) is 0 Å². The van der Waals surface area contributed by atoms with E-state index in [1.54, 1.807) is 67.0 Å².